The second-order valence-electron chi connectivity index (χ2n) is 5.32. The zero-order valence-corrected chi connectivity index (χ0v) is 12.1. The van der Waals surface area contributed by atoms with E-state index in [9.17, 15) is 4.79 Å². The van der Waals surface area contributed by atoms with Crippen molar-refractivity contribution in [1.82, 2.24) is 0 Å². The van der Waals surface area contributed by atoms with Crippen LogP contribution in [0.25, 0.3) is 0 Å². The average Bonchev–Trinajstić information content (AvgIpc) is 2.62. The molecule has 2 aliphatic rings. The molecule has 1 N–H and O–H groups in total. The van der Waals surface area contributed by atoms with E-state index in [2.05, 4.69) is 45.1 Å². The number of aliphatic carboxylic acids is 1. The molecular formula is C15H16BrNO2. The highest BCUT2D eigenvalue weighted by Gasteiger charge is 2.38. The molecule has 3 nitrogen and oxygen atoms in total. The van der Waals surface area contributed by atoms with Crippen LogP contribution < -0.4 is 4.90 Å². The van der Waals surface area contributed by atoms with Gasteiger partial charge in [-0.2, -0.15) is 0 Å². The summed E-state index contributed by atoms with van der Waals surface area (Å²) in [6, 6.07) is 9.34. The van der Waals surface area contributed by atoms with Crippen LogP contribution in [0.15, 0.2) is 40.4 Å². The SMILES string of the molecule is O=C(O)C=C1CC2CCC(C1)N2c1ccc(Br)cc1. The molecule has 2 fully saturated rings. The van der Waals surface area contributed by atoms with E-state index >= 15 is 0 Å². The van der Waals surface area contributed by atoms with Crippen LogP contribution in [0.5, 0.6) is 0 Å². The highest BCUT2D eigenvalue weighted by Crippen LogP contribution is 2.41. The number of carboxylic acid groups (broad SMARTS) is 1. The summed E-state index contributed by atoms with van der Waals surface area (Å²) >= 11 is 3.46. The van der Waals surface area contributed by atoms with E-state index in [4.69, 9.17) is 5.11 Å². The van der Waals surface area contributed by atoms with Crippen LogP contribution in [0.3, 0.4) is 0 Å². The first-order valence-electron chi connectivity index (χ1n) is 6.60. The predicted molar refractivity (Wildman–Crippen MR) is 78.4 cm³/mol. The second-order valence-corrected chi connectivity index (χ2v) is 6.23. The Kier molecular flexibility index (Phi) is 3.35. The lowest BCUT2D eigenvalue weighted by molar-refractivity contribution is -0.131. The van der Waals surface area contributed by atoms with Gasteiger partial charge in [0, 0.05) is 28.3 Å². The maximum atomic E-state index is 10.8. The number of hydrogen-bond donors (Lipinski definition) is 1. The van der Waals surface area contributed by atoms with Crippen molar-refractivity contribution >= 4 is 27.6 Å². The third kappa shape index (κ3) is 2.54. The minimum absolute atomic E-state index is 0.463. The van der Waals surface area contributed by atoms with Crippen LogP contribution in [-0.2, 0) is 4.79 Å². The second kappa shape index (κ2) is 5.00. The van der Waals surface area contributed by atoms with E-state index in [1.165, 1.54) is 11.8 Å². The molecule has 2 unspecified atom stereocenters. The first-order chi connectivity index (χ1) is 9.13. The third-order valence-corrected chi connectivity index (χ3v) is 4.60. The predicted octanol–water partition coefficient (Wildman–Crippen LogP) is 3.59. The fraction of sp³-hybridized carbons (Fsp3) is 0.400. The van der Waals surface area contributed by atoms with E-state index in [1.54, 1.807) is 0 Å². The number of carbonyl (C=O) groups is 1. The third-order valence-electron chi connectivity index (χ3n) is 4.07. The van der Waals surface area contributed by atoms with Gasteiger partial charge in [-0.15, -0.1) is 0 Å². The molecule has 2 heterocycles. The number of carboxylic acids is 1. The van der Waals surface area contributed by atoms with Crippen LogP contribution in [0, 0.1) is 0 Å². The first-order valence-corrected chi connectivity index (χ1v) is 7.39. The van der Waals surface area contributed by atoms with Crippen LogP contribution in [0.1, 0.15) is 25.7 Å². The maximum Gasteiger partial charge on any atom is 0.328 e. The van der Waals surface area contributed by atoms with Crippen molar-refractivity contribution in [1.29, 1.82) is 0 Å². The van der Waals surface area contributed by atoms with Crippen molar-refractivity contribution in [2.75, 3.05) is 4.90 Å². The summed E-state index contributed by atoms with van der Waals surface area (Å²) in [7, 11) is 0. The van der Waals surface area contributed by atoms with Crippen LogP contribution in [-0.4, -0.2) is 23.2 Å². The molecule has 0 aromatic heterocycles. The number of fused-ring (bicyclic) bond motifs is 2. The molecule has 19 heavy (non-hydrogen) atoms. The number of rotatable bonds is 2. The Morgan fingerprint density at radius 2 is 1.79 bits per heavy atom. The lowest BCUT2D eigenvalue weighted by Crippen LogP contribution is -2.40. The number of nitrogens with zero attached hydrogens (tertiary/aromatic N) is 1. The summed E-state index contributed by atoms with van der Waals surface area (Å²) in [6.45, 7) is 0. The van der Waals surface area contributed by atoms with E-state index in [-0.39, 0.29) is 0 Å². The minimum atomic E-state index is -0.813. The minimum Gasteiger partial charge on any atom is -0.478 e. The largest absolute Gasteiger partial charge is 0.478 e. The lowest BCUT2D eigenvalue weighted by Gasteiger charge is -2.38. The van der Waals surface area contributed by atoms with Crippen LogP contribution >= 0.6 is 15.9 Å². The summed E-state index contributed by atoms with van der Waals surface area (Å²) in [5.74, 6) is -0.813. The Bertz CT molecular complexity index is 507. The van der Waals surface area contributed by atoms with Crippen molar-refractivity contribution in [2.24, 2.45) is 0 Å². The molecule has 100 valence electrons. The van der Waals surface area contributed by atoms with E-state index in [0.29, 0.717) is 12.1 Å². The fourth-order valence-electron chi connectivity index (χ4n) is 3.38. The Hall–Kier alpha value is -1.29. The van der Waals surface area contributed by atoms with Crippen molar-refractivity contribution in [3.63, 3.8) is 0 Å². The summed E-state index contributed by atoms with van der Waals surface area (Å²) in [6.07, 6.45) is 5.51. The Morgan fingerprint density at radius 1 is 1.21 bits per heavy atom. The van der Waals surface area contributed by atoms with Gasteiger partial charge in [0.15, 0.2) is 0 Å². The van der Waals surface area contributed by atoms with Crippen molar-refractivity contribution in [2.45, 2.75) is 37.8 Å². The molecule has 2 atom stereocenters. The fourth-order valence-corrected chi connectivity index (χ4v) is 3.64. The molecule has 1 aromatic carbocycles. The summed E-state index contributed by atoms with van der Waals surface area (Å²) in [4.78, 5) is 13.3. The van der Waals surface area contributed by atoms with Gasteiger partial charge in [-0.1, -0.05) is 21.5 Å². The number of halogens is 1. The number of piperidine rings is 1. The van der Waals surface area contributed by atoms with Gasteiger partial charge in [-0.3, -0.25) is 0 Å². The smallest absolute Gasteiger partial charge is 0.328 e. The zero-order valence-electron chi connectivity index (χ0n) is 10.6. The number of benzene rings is 1. The monoisotopic (exact) mass is 321 g/mol. The highest BCUT2D eigenvalue weighted by molar-refractivity contribution is 9.10. The molecule has 2 bridgehead atoms. The lowest BCUT2D eigenvalue weighted by atomic mass is 9.95. The standard InChI is InChI=1S/C15H16BrNO2/c16-11-1-3-12(4-2-11)17-13-5-6-14(17)8-10(7-13)9-15(18)19/h1-4,9,13-14H,5-8H2,(H,18,19). The van der Waals surface area contributed by atoms with Crippen LogP contribution in [0.4, 0.5) is 5.69 Å². The quantitative estimate of drug-likeness (QED) is 0.846. The molecule has 1 aromatic rings. The molecule has 0 saturated carbocycles. The average molecular weight is 322 g/mol. The van der Waals surface area contributed by atoms with Gasteiger partial charge in [-0.25, -0.2) is 4.79 Å². The van der Waals surface area contributed by atoms with Crippen molar-refractivity contribution in [3.8, 4) is 0 Å². The zero-order chi connectivity index (χ0) is 13.4. The highest BCUT2D eigenvalue weighted by atomic mass is 79.9. The molecule has 2 saturated heterocycles. The summed E-state index contributed by atoms with van der Waals surface area (Å²) in [5.41, 5.74) is 2.35. The number of anilines is 1. The molecule has 0 spiro atoms. The normalized spacial score (nSPS) is 25.5. The number of hydrogen-bond acceptors (Lipinski definition) is 2. The van der Waals surface area contributed by atoms with Gasteiger partial charge in [0.05, 0.1) is 0 Å². The molecular weight excluding hydrogens is 306 g/mol. The van der Waals surface area contributed by atoms with Crippen molar-refractivity contribution < 1.29 is 9.90 Å². The Morgan fingerprint density at radius 3 is 2.32 bits per heavy atom. The van der Waals surface area contributed by atoms with Gasteiger partial charge in [-0.05, 0) is 49.9 Å². The van der Waals surface area contributed by atoms with Crippen molar-refractivity contribution in [3.05, 3.63) is 40.4 Å². The summed E-state index contributed by atoms with van der Waals surface area (Å²) < 4.78 is 1.09. The topological polar surface area (TPSA) is 40.5 Å². The van der Waals surface area contributed by atoms with Gasteiger partial charge < -0.3 is 10.0 Å². The molecule has 3 rings (SSSR count). The van der Waals surface area contributed by atoms with E-state index in [0.717, 1.165) is 35.7 Å². The summed E-state index contributed by atoms with van der Waals surface area (Å²) in [5, 5.41) is 8.88. The van der Waals surface area contributed by atoms with Gasteiger partial charge in [0.25, 0.3) is 0 Å². The first kappa shape index (κ1) is 12.7. The Labute approximate surface area is 121 Å². The van der Waals surface area contributed by atoms with Gasteiger partial charge in [0.2, 0.25) is 0 Å². The Balaban J connectivity index is 1.83. The molecule has 0 radical (unpaired) electrons. The van der Waals surface area contributed by atoms with E-state index in [1.807, 2.05) is 0 Å². The molecule has 0 amide bonds. The van der Waals surface area contributed by atoms with E-state index < -0.39 is 5.97 Å². The van der Waals surface area contributed by atoms with Gasteiger partial charge >= 0.3 is 5.97 Å². The molecule has 0 aliphatic carbocycles. The molecule has 2 aliphatic heterocycles. The molecule has 4 heteroatoms. The van der Waals surface area contributed by atoms with Gasteiger partial charge in [0.1, 0.15) is 0 Å². The maximum absolute atomic E-state index is 10.8. The van der Waals surface area contributed by atoms with Crippen LogP contribution in [0.2, 0.25) is 0 Å².